The van der Waals surface area contributed by atoms with Gasteiger partial charge in [0, 0.05) is 18.6 Å². The Kier molecular flexibility index (Phi) is 3.98. The van der Waals surface area contributed by atoms with Crippen LogP contribution in [0.25, 0.3) is 0 Å². The molecule has 0 saturated carbocycles. The van der Waals surface area contributed by atoms with Crippen LogP contribution in [-0.2, 0) is 0 Å². The van der Waals surface area contributed by atoms with Crippen LogP contribution in [0.4, 0.5) is 10.6 Å². The van der Waals surface area contributed by atoms with Crippen molar-refractivity contribution in [1.82, 2.24) is 15.3 Å². The lowest BCUT2D eigenvalue weighted by Gasteiger charge is -2.03. The molecule has 0 aliphatic carbocycles. The third-order valence-corrected chi connectivity index (χ3v) is 1.39. The summed E-state index contributed by atoms with van der Waals surface area (Å²) in [6.07, 6.45) is 2.90. The molecular formula is C7H9ClN4O. The fraction of sp³-hybridized carbons (Fsp3) is 0.286. The molecule has 0 aliphatic heterocycles. The molecule has 1 aromatic heterocycles. The summed E-state index contributed by atoms with van der Waals surface area (Å²) in [5.74, 6) is 0.846. The second kappa shape index (κ2) is 5.31. The molecule has 0 atom stereocenters. The van der Waals surface area contributed by atoms with Crippen LogP contribution in [-0.4, -0.2) is 28.4 Å². The number of urea groups is 1. The number of rotatable bonds is 3. The molecule has 0 saturated heterocycles. The number of amides is 2. The minimum absolute atomic E-state index is 0.320. The smallest absolute Gasteiger partial charge is 0.320 e. The minimum Gasteiger partial charge on any atom is -0.337 e. The molecule has 6 heteroatoms. The number of hydrogen-bond donors (Lipinski definition) is 2. The molecule has 70 valence electrons. The molecule has 5 nitrogen and oxygen atoms in total. The van der Waals surface area contributed by atoms with E-state index in [0.717, 1.165) is 0 Å². The van der Waals surface area contributed by atoms with Gasteiger partial charge < -0.3 is 5.32 Å². The molecule has 1 rings (SSSR count). The van der Waals surface area contributed by atoms with Crippen molar-refractivity contribution in [1.29, 1.82) is 0 Å². The van der Waals surface area contributed by atoms with Crippen LogP contribution >= 0.6 is 11.6 Å². The normalized spacial score (nSPS) is 9.31. The molecule has 0 radical (unpaired) electrons. The Bertz CT molecular complexity index is 266. The molecule has 0 aromatic carbocycles. The summed E-state index contributed by atoms with van der Waals surface area (Å²) >= 11 is 5.38. The van der Waals surface area contributed by atoms with E-state index in [-0.39, 0.29) is 6.03 Å². The van der Waals surface area contributed by atoms with E-state index >= 15 is 0 Å². The Morgan fingerprint density at radius 3 is 3.08 bits per heavy atom. The monoisotopic (exact) mass is 200 g/mol. The van der Waals surface area contributed by atoms with Crippen molar-refractivity contribution < 1.29 is 4.79 Å². The molecule has 1 aromatic rings. The fourth-order valence-electron chi connectivity index (χ4n) is 0.686. The Morgan fingerprint density at radius 1 is 1.62 bits per heavy atom. The zero-order valence-corrected chi connectivity index (χ0v) is 7.58. The first-order valence-electron chi connectivity index (χ1n) is 3.70. The van der Waals surface area contributed by atoms with E-state index in [2.05, 4.69) is 20.6 Å². The van der Waals surface area contributed by atoms with Gasteiger partial charge in [-0.2, -0.15) is 0 Å². The van der Waals surface area contributed by atoms with Gasteiger partial charge in [0.15, 0.2) is 0 Å². The van der Waals surface area contributed by atoms with Gasteiger partial charge in [0.1, 0.15) is 12.1 Å². The maximum Gasteiger partial charge on any atom is 0.320 e. The van der Waals surface area contributed by atoms with Crippen LogP contribution in [0, 0.1) is 0 Å². The average Bonchev–Trinajstić information content (AvgIpc) is 2.16. The lowest BCUT2D eigenvalue weighted by Crippen LogP contribution is -2.30. The van der Waals surface area contributed by atoms with Crippen LogP contribution in [0.3, 0.4) is 0 Å². The maximum atomic E-state index is 11.0. The molecule has 1 heterocycles. The largest absolute Gasteiger partial charge is 0.337 e. The first kappa shape index (κ1) is 9.73. The molecule has 0 aliphatic rings. The van der Waals surface area contributed by atoms with Crippen molar-refractivity contribution in [2.45, 2.75) is 0 Å². The molecule has 0 fully saturated rings. The van der Waals surface area contributed by atoms with Crippen LogP contribution in [0.1, 0.15) is 0 Å². The summed E-state index contributed by atoms with van der Waals surface area (Å²) in [6, 6.07) is 1.28. The van der Waals surface area contributed by atoms with Crippen molar-refractivity contribution >= 4 is 23.4 Å². The molecule has 0 bridgehead atoms. The Morgan fingerprint density at radius 2 is 2.46 bits per heavy atom. The lowest BCUT2D eigenvalue weighted by molar-refractivity contribution is 0.252. The standard InChI is InChI=1S/C7H9ClN4O/c8-2-4-10-7(13)12-6-1-3-9-5-11-6/h1,3,5H,2,4H2,(H2,9,10,11,12,13). The number of aromatic nitrogens is 2. The summed E-state index contributed by atoms with van der Waals surface area (Å²) in [7, 11) is 0. The molecular weight excluding hydrogens is 192 g/mol. The van der Waals surface area contributed by atoms with Crippen molar-refractivity contribution in [3.8, 4) is 0 Å². The number of carbonyl (C=O) groups excluding carboxylic acids is 1. The van der Waals surface area contributed by atoms with Gasteiger partial charge in [0.2, 0.25) is 0 Å². The van der Waals surface area contributed by atoms with Crippen molar-refractivity contribution in [3.63, 3.8) is 0 Å². The molecule has 0 spiro atoms. The van der Waals surface area contributed by atoms with Gasteiger partial charge >= 0.3 is 6.03 Å². The number of halogens is 1. The quantitative estimate of drug-likeness (QED) is 0.711. The second-order valence-electron chi connectivity index (χ2n) is 2.16. The molecule has 2 N–H and O–H groups in total. The van der Waals surface area contributed by atoms with Gasteiger partial charge in [0.25, 0.3) is 0 Å². The molecule has 13 heavy (non-hydrogen) atoms. The van der Waals surface area contributed by atoms with E-state index in [1.807, 2.05) is 0 Å². The predicted molar refractivity (Wildman–Crippen MR) is 49.8 cm³/mol. The highest BCUT2D eigenvalue weighted by atomic mass is 35.5. The SMILES string of the molecule is O=C(NCCCl)Nc1ccncn1. The van der Waals surface area contributed by atoms with E-state index in [4.69, 9.17) is 11.6 Å². The second-order valence-corrected chi connectivity index (χ2v) is 2.54. The highest BCUT2D eigenvalue weighted by Gasteiger charge is 1.99. The van der Waals surface area contributed by atoms with Crippen LogP contribution < -0.4 is 10.6 Å². The van der Waals surface area contributed by atoms with E-state index < -0.39 is 0 Å². The number of carbonyl (C=O) groups is 1. The summed E-state index contributed by atoms with van der Waals surface area (Å²) in [5, 5.41) is 5.06. The number of alkyl halides is 1. The summed E-state index contributed by atoms with van der Waals surface area (Å²) in [6.45, 7) is 0.429. The van der Waals surface area contributed by atoms with Crippen LogP contribution in [0.2, 0.25) is 0 Å². The van der Waals surface area contributed by atoms with Gasteiger partial charge in [-0.3, -0.25) is 5.32 Å². The number of nitrogens with zero attached hydrogens (tertiary/aromatic N) is 2. The third-order valence-electron chi connectivity index (χ3n) is 1.20. The molecule has 0 unspecified atom stereocenters. The Hall–Kier alpha value is -1.36. The fourth-order valence-corrected chi connectivity index (χ4v) is 0.780. The minimum atomic E-state index is -0.320. The van der Waals surface area contributed by atoms with Gasteiger partial charge in [-0.25, -0.2) is 14.8 Å². The van der Waals surface area contributed by atoms with E-state index in [0.29, 0.717) is 18.2 Å². The summed E-state index contributed by atoms with van der Waals surface area (Å²) in [5.41, 5.74) is 0. The van der Waals surface area contributed by atoms with E-state index in [9.17, 15) is 4.79 Å². The van der Waals surface area contributed by atoms with Gasteiger partial charge in [0.05, 0.1) is 0 Å². The summed E-state index contributed by atoms with van der Waals surface area (Å²) < 4.78 is 0. The van der Waals surface area contributed by atoms with Crippen LogP contribution in [0.5, 0.6) is 0 Å². The highest BCUT2D eigenvalue weighted by molar-refractivity contribution is 6.18. The zero-order chi connectivity index (χ0) is 9.52. The number of anilines is 1. The average molecular weight is 201 g/mol. The van der Waals surface area contributed by atoms with Gasteiger partial charge in [-0.1, -0.05) is 0 Å². The zero-order valence-electron chi connectivity index (χ0n) is 6.83. The predicted octanol–water partition coefficient (Wildman–Crippen LogP) is 0.837. The Balaban J connectivity index is 2.37. The summed E-state index contributed by atoms with van der Waals surface area (Å²) in [4.78, 5) is 18.6. The number of hydrogen-bond acceptors (Lipinski definition) is 3. The topological polar surface area (TPSA) is 66.9 Å². The lowest BCUT2D eigenvalue weighted by atomic mass is 10.6. The van der Waals surface area contributed by atoms with Crippen molar-refractivity contribution in [3.05, 3.63) is 18.6 Å². The van der Waals surface area contributed by atoms with Gasteiger partial charge in [-0.05, 0) is 6.07 Å². The maximum absolute atomic E-state index is 11.0. The van der Waals surface area contributed by atoms with E-state index in [1.165, 1.54) is 6.33 Å². The van der Waals surface area contributed by atoms with Crippen molar-refractivity contribution in [2.24, 2.45) is 0 Å². The third kappa shape index (κ3) is 3.71. The van der Waals surface area contributed by atoms with E-state index in [1.54, 1.807) is 12.3 Å². The highest BCUT2D eigenvalue weighted by Crippen LogP contribution is 1.96. The van der Waals surface area contributed by atoms with Crippen LogP contribution in [0.15, 0.2) is 18.6 Å². The Labute approximate surface area is 80.5 Å². The molecule has 2 amide bonds. The van der Waals surface area contributed by atoms with Crippen molar-refractivity contribution in [2.75, 3.05) is 17.7 Å². The first-order chi connectivity index (χ1) is 6.33. The number of nitrogens with one attached hydrogen (secondary N) is 2. The first-order valence-corrected chi connectivity index (χ1v) is 4.23. The van der Waals surface area contributed by atoms with Gasteiger partial charge in [-0.15, -0.1) is 11.6 Å².